The van der Waals surface area contributed by atoms with Gasteiger partial charge in [0.2, 0.25) is 0 Å². The van der Waals surface area contributed by atoms with E-state index in [-0.39, 0.29) is 6.61 Å². The van der Waals surface area contributed by atoms with E-state index in [9.17, 15) is 0 Å². The van der Waals surface area contributed by atoms with Gasteiger partial charge in [-0.15, -0.1) is 0 Å². The predicted molar refractivity (Wildman–Crippen MR) is 72.3 cm³/mol. The summed E-state index contributed by atoms with van der Waals surface area (Å²) in [6, 6.07) is 18.1. The molecule has 0 saturated heterocycles. The van der Waals surface area contributed by atoms with Gasteiger partial charge < -0.3 is 10.4 Å². The Morgan fingerprint density at radius 1 is 0.941 bits per heavy atom. The van der Waals surface area contributed by atoms with Crippen molar-refractivity contribution in [2.45, 2.75) is 0 Å². The summed E-state index contributed by atoms with van der Waals surface area (Å²) in [4.78, 5) is 0. The largest absolute Gasteiger partial charge is 0.392 e. The molecule has 0 unspecified atom stereocenters. The highest BCUT2D eigenvalue weighted by molar-refractivity contribution is 5.63. The van der Waals surface area contributed by atoms with Crippen molar-refractivity contribution in [3.63, 3.8) is 0 Å². The van der Waals surface area contributed by atoms with Crippen LogP contribution in [-0.4, -0.2) is 11.7 Å². The van der Waals surface area contributed by atoms with Crippen LogP contribution < -0.4 is 5.32 Å². The van der Waals surface area contributed by atoms with Crippen molar-refractivity contribution < 1.29 is 5.11 Å². The Bertz CT molecular complexity index is 491. The summed E-state index contributed by atoms with van der Waals surface area (Å²) < 4.78 is 0. The molecule has 2 rings (SSSR count). The van der Waals surface area contributed by atoms with Gasteiger partial charge in [0.15, 0.2) is 0 Å². The van der Waals surface area contributed by atoms with Gasteiger partial charge in [0.1, 0.15) is 0 Å². The molecular formula is C15H15NO. The summed E-state index contributed by atoms with van der Waals surface area (Å²) in [6.45, 7) is 0.0658. The monoisotopic (exact) mass is 225 g/mol. The first-order chi connectivity index (χ1) is 8.38. The molecule has 2 aromatic rings. The molecule has 0 amide bonds. The van der Waals surface area contributed by atoms with Crippen LogP contribution in [0.15, 0.2) is 60.7 Å². The Morgan fingerprint density at radius 3 is 2.47 bits per heavy atom. The van der Waals surface area contributed by atoms with Gasteiger partial charge in [-0.25, -0.2) is 0 Å². The van der Waals surface area contributed by atoms with Crippen molar-refractivity contribution in [2.24, 2.45) is 0 Å². The quantitative estimate of drug-likeness (QED) is 0.835. The minimum atomic E-state index is 0.0658. The average molecular weight is 225 g/mol. The topological polar surface area (TPSA) is 32.3 Å². The van der Waals surface area contributed by atoms with Crippen LogP contribution in [0.25, 0.3) is 6.08 Å². The van der Waals surface area contributed by atoms with Gasteiger partial charge >= 0.3 is 0 Å². The van der Waals surface area contributed by atoms with Gasteiger partial charge in [0.05, 0.1) is 6.61 Å². The van der Waals surface area contributed by atoms with E-state index >= 15 is 0 Å². The Balaban J connectivity index is 2.14. The highest BCUT2D eigenvalue weighted by Crippen LogP contribution is 2.17. The molecule has 17 heavy (non-hydrogen) atoms. The highest BCUT2D eigenvalue weighted by atomic mass is 16.2. The average Bonchev–Trinajstić information content (AvgIpc) is 2.38. The maximum absolute atomic E-state index is 8.73. The van der Waals surface area contributed by atoms with Crippen LogP contribution in [0.4, 0.5) is 11.4 Å². The van der Waals surface area contributed by atoms with E-state index in [2.05, 4.69) is 5.32 Å². The number of aliphatic hydroxyl groups excluding tert-OH is 1. The van der Waals surface area contributed by atoms with E-state index in [1.54, 1.807) is 6.08 Å². The fraction of sp³-hybridized carbons (Fsp3) is 0.0667. The zero-order valence-corrected chi connectivity index (χ0v) is 9.51. The minimum absolute atomic E-state index is 0.0658. The standard InChI is InChI=1S/C15H15NO/c17-11-5-7-13-6-4-10-15(12-13)16-14-8-2-1-3-9-14/h1-10,12,16-17H,11H2. The highest BCUT2D eigenvalue weighted by Gasteiger charge is 1.94. The molecule has 0 fully saturated rings. The van der Waals surface area contributed by atoms with Crippen molar-refractivity contribution in [3.8, 4) is 0 Å². The number of hydrogen-bond acceptors (Lipinski definition) is 2. The number of hydrogen-bond donors (Lipinski definition) is 2. The number of nitrogens with one attached hydrogen (secondary N) is 1. The lowest BCUT2D eigenvalue weighted by atomic mass is 10.2. The second-order valence-corrected chi connectivity index (χ2v) is 3.70. The lowest BCUT2D eigenvalue weighted by Crippen LogP contribution is -1.89. The third-order valence-electron chi connectivity index (χ3n) is 2.36. The Hall–Kier alpha value is -2.06. The number of para-hydroxylation sites is 1. The second kappa shape index (κ2) is 5.87. The summed E-state index contributed by atoms with van der Waals surface area (Å²) in [5.74, 6) is 0. The summed E-state index contributed by atoms with van der Waals surface area (Å²) in [5.41, 5.74) is 3.17. The van der Waals surface area contributed by atoms with Crippen molar-refractivity contribution in [1.29, 1.82) is 0 Å². The van der Waals surface area contributed by atoms with Crippen LogP contribution in [0.3, 0.4) is 0 Å². The van der Waals surface area contributed by atoms with E-state index in [1.165, 1.54) is 0 Å². The van der Waals surface area contributed by atoms with Gasteiger partial charge in [-0.05, 0) is 29.8 Å². The third kappa shape index (κ3) is 3.47. The lowest BCUT2D eigenvalue weighted by Gasteiger charge is -2.06. The number of benzene rings is 2. The molecule has 0 saturated carbocycles. The molecule has 0 bridgehead atoms. The molecular weight excluding hydrogens is 210 g/mol. The Kier molecular flexibility index (Phi) is 3.95. The SMILES string of the molecule is OCC=Cc1cccc(Nc2ccccc2)c1. The molecule has 0 aliphatic heterocycles. The van der Waals surface area contributed by atoms with E-state index in [0.717, 1.165) is 16.9 Å². The van der Waals surface area contributed by atoms with E-state index in [0.29, 0.717) is 0 Å². The molecule has 0 aliphatic carbocycles. The molecule has 0 radical (unpaired) electrons. The van der Waals surface area contributed by atoms with Crippen molar-refractivity contribution in [2.75, 3.05) is 11.9 Å². The first-order valence-corrected chi connectivity index (χ1v) is 5.58. The normalized spacial score (nSPS) is 10.6. The van der Waals surface area contributed by atoms with Crippen molar-refractivity contribution >= 4 is 17.5 Å². The fourth-order valence-electron chi connectivity index (χ4n) is 1.60. The first kappa shape index (κ1) is 11.4. The van der Waals surface area contributed by atoms with Gasteiger partial charge in [-0.3, -0.25) is 0 Å². The van der Waals surface area contributed by atoms with Gasteiger partial charge in [0, 0.05) is 11.4 Å². The van der Waals surface area contributed by atoms with Gasteiger partial charge in [-0.1, -0.05) is 42.5 Å². The molecule has 0 heterocycles. The van der Waals surface area contributed by atoms with Crippen LogP contribution in [0, 0.1) is 0 Å². The van der Waals surface area contributed by atoms with Gasteiger partial charge in [0.25, 0.3) is 0 Å². The molecule has 86 valence electrons. The molecule has 2 nitrogen and oxygen atoms in total. The first-order valence-electron chi connectivity index (χ1n) is 5.58. The second-order valence-electron chi connectivity index (χ2n) is 3.70. The van der Waals surface area contributed by atoms with E-state index < -0.39 is 0 Å². The minimum Gasteiger partial charge on any atom is -0.392 e. The lowest BCUT2D eigenvalue weighted by molar-refractivity contribution is 0.343. The molecule has 0 aliphatic rings. The smallest absolute Gasteiger partial charge is 0.0615 e. The van der Waals surface area contributed by atoms with Crippen LogP contribution in [0.5, 0.6) is 0 Å². The maximum atomic E-state index is 8.73. The molecule has 2 aromatic carbocycles. The van der Waals surface area contributed by atoms with Crippen LogP contribution in [0.2, 0.25) is 0 Å². The number of rotatable bonds is 4. The van der Waals surface area contributed by atoms with Crippen LogP contribution in [0.1, 0.15) is 5.56 Å². The maximum Gasteiger partial charge on any atom is 0.0615 e. The molecule has 0 spiro atoms. The Morgan fingerprint density at radius 2 is 1.71 bits per heavy atom. The molecule has 0 atom stereocenters. The van der Waals surface area contributed by atoms with Crippen molar-refractivity contribution in [1.82, 2.24) is 0 Å². The zero-order valence-electron chi connectivity index (χ0n) is 9.51. The fourth-order valence-corrected chi connectivity index (χ4v) is 1.60. The van der Waals surface area contributed by atoms with E-state index in [1.807, 2.05) is 60.7 Å². The molecule has 2 heteroatoms. The van der Waals surface area contributed by atoms with Crippen LogP contribution in [-0.2, 0) is 0 Å². The van der Waals surface area contributed by atoms with E-state index in [4.69, 9.17) is 5.11 Å². The van der Waals surface area contributed by atoms with Crippen LogP contribution >= 0.6 is 0 Å². The summed E-state index contributed by atoms with van der Waals surface area (Å²) in [5, 5.41) is 12.1. The molecule has 2 N–H and O–H groups in total. The summed E-state index contributed by atoms with van der Waals surface area (Å²) in [6.07, 6.45) is 3.62. The zero-order chi connectivity index (χ0) is 11.9. The number of aliphatic hydroxyl groups is 1. The predicted octanol–water partition coefficient (Wildman–Crippen LogP) is 3.44. The third-order valence-corrected chi connectivity index (χ3v) is 2.36. The van der Waals surface area contributed by atoms with Gasteiger partial charge in [-0.2, -0.15) is 0 Å². The number of anilines is 2. The summed E-state index contributed by atoms with van der Waals surface area (Å²) in [7, 11) is 0. The Labute approximate surface area is 101 Å². The van der Waals surface area contributed by atoms with Crippen molar-refractivity contribution in [3.05, 3.63) is 66.2 Å². The summed E-state index contributed by atoms with van der Waals surface area (Å²) >= 11 is 0. The molecule has 0 aromatic heterocycles.